The van der Waals surface area contributed by atoms with E-state index >= 15 is 0 Å². The van der Waals surface area contributed by atoms with Crippen LogP contribution in [0.4, 0.5) is 0 Å². The van der Waals surface area contributed by atoms with Crippen molar-refractivity contribution in [2.45, 2.75) is 78.1 Å². The highest BCUT2D eigenvalue weighted by atomic mass is 16.5. The fourth-order valence-corrected chi connectivity index (χ4v) is 2.59. The highest BCUT2D eigenvalue weighted by Crippen LogP contribution is 2.19. The number of para-hydroxylation sites is 1. The summed E-state index contributed by atoms with van der Waals surface area (Å²) in [5, 5.41) is 0. The molecule has 0 aliphatic rings. The van der Waals surface area contributed by atoms with E-state index in [4.69, 9.17) is 9.47 Å². The molecule has 4 heteroatoms. The van der Waals surface area contributed by atoms with Gasteiger partial charge in [-0.1, -0.05) is 64.2 Å². The maximum absolute atomic E-state index is 11.9. The summed E-state index contributed by atoms with van der Waals surface area (Å²) in [5.41, 5.74) is 1.01. The van der Waals surface area contributed by atoms with Crippen molar-refractivity contribution >= 4 is 11.9 Å². The van der Waals surface area contributed by atoms with E-state index in [1.807, 2.05) is 25.1 Å². The van der Waals surface area contributed by atoms with Crippen molar-refractivity contribution < 1.29 is 19.1 Å². The molecule has 140 valence electrons. The van der Waals surface area contributed by atoms with Gasteiger partial charge in [0.1, 0.15) is 5.75 Å². The third-order valence-electron chi connectivity index (χ3n) is 4.10. The van der Waals surface area contributed by atoms with E-state index in [9.17, 15) is 9.59 Å². The lowest BCUT2D eigenvalue weighted by molar-refractivity contribution is -0.144. The molecule has 0 bridgehead atoms. The summed E-state index contributed by atoms with van der Waals surface area (Å²) in [7, 11) is 0. The van der Waals surface area contributed by atoms with E-state index in [2.05, 4.69) is 6.92 Å². The molecule has 0 amide bonds. The Hall–Kier alpha value is -1.84. The van der Waals surface area contributed by atoms with Crippen LogP contribution in [0.15, 0.2) is 24.3 Å². The molecule has 0 spiro atoms. The Labute approximate surface area is 151 Å². The maximum atomic E-state index is 11.9. The van der Waals surface area contributed by atoms with Crippen LogP contribution in [0.1, 0.15) is 77.2 Å². The van der Waals surface area contributed by atoms with Crippen molar-refractivity contribution in [3.8, 4) is 5.75 Å². The van der Waals surface area contributed by atoms with Crippen LogP contribution >= 0.6 is 0 Å². The molecule has 0 aromatic heterocycles. The lowest BCUT2D eigenvalue weighted by atomic mass is 10.1. The molecule has 0 aliphatic carbocycles. The van der Waals surface area contributed by atoms with Crippen molar-refractivity contribution in [1.29, 1.82) is 0 Å². The van der Waals surface area contributed by atoms with Crippen LogP contribution in [0.2, 0.25) is 0 Å². The van der Waals surface area contributed by atoms with Gasteiger partial charge in [-0.15, -0.1) is 0 Å². The molecule has 0 unspecified atom stereocenters. The van der Waals surface area contributed by atoms with Gasteiger partial charge in [0.25, 0.3) is 0 Å². The van der Waals surface area contributed by atoms with Crippen LogP contribution in [-0.2, 0) is 20.7 Å². The third kappa shape index (κ3) is 9.90. The molecule has 0 saturated carbocycles. The first kappa shape index (κ1) is 21.2. The lowest BCUT2D eigenvalue weighted by Gasteiger charge is -2.08. The minimum atomic E-state index is -0.301. The third-order valence-corrected chi connectivity index (χ3v) is 4.10. The van der Waals surface area contributed by atoms with Crippen molar-refractivity contribution in [2.24, 2.45) is 0 Å². The molecule has 0 N–H and O–H groups in total. The Bertz CT molecular complexity index is 510. The molecule has 1 rings (SSSR count). The Morgan fingerprint density at radius 1 is 0.840 bits per heavy atom. The number of hydrogen-bond donors (Lipinski definition) is 0. The number of carbonyl (C=O) groups is 2. The van der Waals surface area contributed by atoms with Gasteiger partial charge in [0, 0.05) is 12.8 Å². The molecular formula is C21H32O4. The highest BCUT2D eigenvalue weighted by molar-refractivity contribution is 5.74. The monoisotopic (exact) mass is 348 g/mol. The zero-order valence-corrected chi connectivity index (χ0v) is 15.7. The second kappa shape index (κ2) is 13.5. The lowest BCUT2D eigenvalue weighted by Crippen LogP contribution is -2.11. The number of carbonyl (C=O) groups excluding carboxylic acids is 2. The van der Waals surface area contributed by atoms with Crippen LogP contribution in [0.25, 0.3) is 0 Å². The van der Waals surface area contributed by atoms with Crippen LogP contribution in [0.5, 0.6) is 5.75 Å². The Balaban J connectivity index is 2.09. The summed E-state index contributed by atoms with van der Waals surface area (Å²) in [6.45, 7) is 4.70. The van der Waals surface area contributed by atoms with Crippen LogP contribution in [0.3, 0.4) is 0 Å². The van der Waals surface area contributed by atoms with Gasteiger partial charge in [-0.25, -0.2) is 0 Å². The van der Waals surface area contributed by atoms with E-state index in [1.165, 1.54) is 25.7 Å². The summed E-state index contributed by atoms with van der Waals surface area (Å²) in [6.07, 6.45) is 8.77. The minimum absolute atomic E-state index is 0.226. The van der Waals surface area contributed by atoms with E-state index in [-0.39, 0.29) is 24.8 Å². The molecule has 0 atom stereocenters. The van der Waals surface area contributed by atoms with E-state index in [1.54, 1.807) is 6.07 Å². The van der Waals surface area contributed by atoms with Crippen LogP contribution < -0.4 is 4.74 Å². The second-order valence-corrected chi connectivity index (χ2v) is 6.28. The van der Waals surface area contributed by atoms with Gasteiger partial charge in [-0.3, -0.25) is 9.59 Å². The number of unbranched alkanes of at least 4 members (excludes halogenated alkanes) is 5. The average Bonchev–Trinajstić information content (AvgIpc) is 2.61. The Kier molecular flexibility index (Phi) is 11.4. The standard InChI is InChI=1S/C21H32O4/c1-3-5-6-7-8-11-17-24-20(22)15-12-16-21(23)25-19-14-10-9-13-18(19)4-2/h9-10,13-14H,3-8,11-12,15-17H2,1-2H3. The van der Waals surface area contributed by atoms with Crippen LogP contribution in [0, 0.1) is 0 Å². The average molecular weight is 348 g/mol. The summed E-state index contributed by atoms with van der Waals surface area (Å²) in [5.74, 6) is 0.0839. The van der Waals surface area contributed by atoms with Gasteiger partial charge in [-0.2, -0.15) is 0 Å². The quantitative estimate of drug-likeness (QED) is 0.278. The summed E-state index contributed by atoms with van der Waals surface area (Å²) in [4.78, 5) is 23.5. The molecule has 0 heterocycles. The number of rotatable bonds is 13. The fraction of sp³-hybridized carbons (Fsp3) is 0.619. The van der Waals surface area contributed by atoms with Crippen molar-refractivity contribution in [3.05, 3.63) is 29.8 Å². The summed E-state index contributed by atoms with van der Waals surface area (Å²) < 4.78 is 10.6. The maximum Gasteiger partial charge on any atom is 0.311 e. The first-order valence-electron chi connectivity index (χ1n) is 9.61. The predicted molar refractivity (Wildman–Crippen MR) is 99.6 cm³/mol. The van der Waals surface area contributed by atoms with E-state index < -0.39 is 0 Å². The second-order valence-electron chi connectivity index (χ2n) is 6.28. The van der Waals surface area contributed by atoms with E-state index in [0.717, 1.165) is 24.8 Å². The summed E-state index contributed by atoms with van der Waals surface area (Å²) >= 11 is 0. The molecule has 4 nitrogen and oxygen atoms in total. The molecule has 1 aromatic carbocycles. The van der Waals surface area contributed by atoms with Crippen LogP contribution in [-0.4, -0.2) is 18.5 Å². The van der Waals surface area contributed by atoms with Gasteiger partial charge in [0.2, 0.25) is 0 Å². The smallest absolute Gasteiger partial charge is 0.311 e. The number of hydrogen-bond acceptors (Lipinski definition) is 4. The number of esters is 2. The van der Waals surface area contributed by atoms with Crippen molar-refractivity contribution in [3.63, 3.8) is 0 Å². The normalized spacial score (nSPS) is 10.5. The van der Waals surface area contributed by atoms with E-state index in [0.29, 0.717) is 18.8 Å². The Morgan fingerprint density at radius 3 is 2.28 bits per heavy atom. The Morgan fingerprint density at radius 2 is 1.52 bits per heavy atom. The molecule has 0 fully saturated rings. The first-order valence-corrected chi connectivity index (χ1v) is 9.61. The summed E-state index contributed by atoms with van der Waals surface area (Å²) in [6, 6.07) is 7.52. The van der Waals surface area contributed by atoms with Crippen molar-refractivity contribution in [2.75, 3.05) is 6.61 Å². The van der Waals surface area contributed by atoms with Gasteiger partial charge in [0.15, 0.2) is 0 Å². The van der Waals surface area contributed by atoms with Gasteiger partial charge >= 0.3 is 11.9 Å². The SMILES string of the molecule is CCCCCCCCOC(=O)CCCC(=O)Oc1ccccc1CC. The zero-order valence-electron chi connectivity index (χ0n) is 15.7. The molecule has 0 radical (unpaired) electrons. The molecular weight excluding hydrogens is 316 g/mol. The molecule has 0 aliphatic heterocycles. The molecule has 25 heavy (non-hydrogen) atoms. The van der Waals surface area contributed by atoms with Gasteiger partial charge in [-0.05, 0) is 30.9 Å². The van der Waals surface area contributed by atoms with Gasteiger partial charge in [0.05, 0.1) is 6.61 Å². The minimum Gasteiger partial charge on any atom is -0.466 e. The fourth-order valence-electron chi connectivity index (χ4n) is 2.59. The number of benzene rings is 1. The predicted octanol–water partition coefficient (Wildman–Crippen LogP) is 5.23. The topological polar surface area (TPSA) is 52.6 Å². The number of ether oxygens (including phenoxy) is 2. The zero-order chi connectivity index (χ0) is 18.3. The first-order chi connectivity index (χ1) is 12.2. The van der Waals surface area contributed by atoms with Gasteiger partial charge < -0.3 is 9.47 Å². The molecule has 1 aromatic rings. The number of aryl methyl sites for hydroxylation is 1. The molecule has 0 saturated heterocycles. The highest BCUT2D eigenvalue weighted by Gasteiger charge is 2.10. The van der Waals surface area contributed by atoms with Crippen molar-refractivity contribution in [1.82, 2.24) is 0 Å². The largest absolute Gasteiger partial charge is 0.466 e.